The number of aromatic nitrogens is 2. The molecule has 104 valence electrons. The minimum atomic E-state index is -0.295. The third-order valence-corrected chi connectivity index (χ3v) is 3.14. The highest BCUT2D eigenvalue weighted by atomic mass is 79.9. The smallest absolute Gasteiger partial charge is 0.264 e. The second-order valence-electron chi connectivity index (χ2n) is 4.20. The van der Waals surface area contributed by atoms with Crippen molar-refractivity contribution in [3.63, 3.8) is 0 Å². The van der Waals surface area contributed by atoms with Crippen LogP contribution >= 0.6 is 15.9 Å². The molecule has 0 fully saturated rings. The van der Waals surface area contributed by atoms with Gasteiger partial charge in [-0.2, -0.15) is 5.10 Å². The molecule has 1 heterocycles. The number of carbonyl (C=O) groups is 1. The van der Waals surface area contributed by atoms with Crippen molar-refractivity contribution in [2.75, 3.05) is 0 Å². The number of hydrogen-bond donors (Lipinski definition) is 3. The van der Waals surface area contributed by atoms with Crippen LogP contribution in [0.15, 0.2) is 44.7 Å². The van der Waals surface area contributed by atoms with Crippen LogP contribution in [0.5, 0.6) is 0 Å². The number of halogens is 1. The molecule has 0 aliphatic carbocycles. The molecular formula is C13H13BrN4O2. The van der Waals surface area contributed by atoms with E-state index in [9.17, 15) is 9.59 Å². The van der Waals surface area contributed by atoms with Crippen molar-refractivity contribution in [2.45, 2.75) is 13.3 Å². The molecule has 1 amide bonds. The first-order valence-corrected chi connectivity index (χ1v) is 6.69. The molecule has 0 saturated heterocycles. The zero-order valence-corrected chi connectivity index (χ0v) is 12.3. The topological polar surface area (TPSA) is 90.1 Å². The van der Waals surface area contributed by atoms with E-state index in [1.807, 2.05) is 31.2 Å². The maximum Gasteiger partial charge on any atom is 0.264 e. The number of hydrazone groups is 1. The van der Waals surface area contributed by atoms with E-state index in [0.29, 0.717) is 11.4 Å². The number of amides is 1. The van der Waals surface area contributed by atoms with Crippen LogP contribution in [0.1, 0.15) is 18.2 Å². The second kappa shape index (κ2) is 6.33. The first-order chi connectivity index (χ1) is 9.54. The summed E-state index contributed by atoms with van der Waals surface area (Å²) in [6, 6.07) is 8.95. The molecule has 0 atom stereocenters. The van der Waals surface area contributed by atoms with Crippen LogP contribution in [0.3, 0.4) is 0 Å². The van der Waals surface area contributed by atoms with Gasteiger partial charge in [-0.05, 0) is 24.6 Å². The number of aromatic amines is 2. The Bertz CT molecular complexity index is 685. The van der Waals surface area contributed by atoms with E-state index >= 15 is 0 Å². The van der Waals surface area contributed by atoms with Crippen molar-refractivity contribution in [3.8, 4) is 0 Å². The van der Waals surface area contributed by atoms with Gasteiger partial charge in [-0.1, -0.05) is 28.1 Å². The Labute approximate surface area is 123 Å². The van der Waals surface area contributed by atoms with Gasteiger partial charge in [0.15, 0.2) is 0 Å². The lowest BCUT2D eigenvalue weighted by Gasteiger charge is -2.02. The Morgan fingerprint density at radius 1 is 1.30 bits per heavy atom. The fourth-order valence-electron chi connectivity index (χ4n) is 1.58. The predicted octanol–water partition coefficient (Wildman–Crippen LogP) is 1.55. The zero-order chi connectivity index (χ0) is 14.5. The van der Waals surface area contributed by atoms with Crippen molar-refractivity contribution in [1.29, 1.82) is 0 Å². The molecule has 2 aromatic rings. The van der Waals surface area contributed by atoms with Crippen LogP contribution in [0.4, 0.5) is 0 Å². The van der Waals surface area contributed by atoms with E-state index in [1.54, 1.807) is 0 Å². The third-order valence-electron chi connectivity index (χ3n) is 2.61. The Hall–Kier alpha value is -2.15. The molecule has 20 heavy (non-hydrogen) atoms. The summed E-state index contributed by atoms with van der Waals surface area (Å²) in [6.45, 7) is 1.81. The fraction of sp³-hybridized carbons (Fsp3) is 0.154. The van der Waals surface area contributed by atoms with Gasteiger partial charge < -0.3 is 5.10 Å². The molecule has 1 aromatic heterocycles. The molecule has 0 aliphatic rings. The van der Waals surface area contributed by atoms with Crippen molar-refractivity contribution in [2.24, 2.45) is 5.10 Å². The maximum atomic E-state index is 11.6. The minimum Gasteiger partial charge on any atom is -0.302 e. The summed E-state index contributed by atoms with van der Waals surface area (Å²) in [4.78, 5) is 22.6. The first-order valence-electron chi connectivity index (χ1n) is 5.90. The number of nitrogens with zero attached hydrogens (tertiary/aromatic N) is 1. The van der Waals surface area contributed by atoms with Gasteiger partial charge in [-0.3, -0.25) is 14.7 Å². The number of rotatable bonds is 4. The number of hydrogen-bond acceptors (Lipinski definition) is 3. The molecule has 0 bridgehead atoms. The van der Waals surface area contributed by atoms with Gasteiger partial charge in [0.1, 0.15) is 0 Å². The summed E-state index contributed by atoms with van der Waals surface area (Å²) in [6.07, 6.45) is 0.0653. The van der Waals surface area contributed by atoms with E-state index in [-0.39, 0.29) is 17.9 Å². The van der Waals surface area contributed by atoms with E-state index < -0.39 is 0 Å². The van der Waals surface area contributed by atoms with E-state index in [0.717, 1.165) is 10.0 Å². The van der Waals surface area contributed by atoms with Crippen LogP contribution in [0, 0.1) is 0 Å². The highest BCUT2D eigenvalue weighted by Crippen LogP contribution is 2.10. The molecule has 6 nitrogen and oxygen atoms in total. The average Bonchev–Trinajstić information content (AvgIpc) is 2.82. The van der Waals surface area contributed by atoms with E-state index in [2.05, 4.69) is 36.7 Å². The highest BCUT2D eigenvalue weighted by molar-refractivity contribution is 9.10. The molecule has 1 aromatic carbocycles. The summed E-state index contributed by atoms with van der Waals surface area (Å²) in [5.41, 5.74) is 4.33. The summed E-state index contributed by atoms with van der Waals surface area (Å²) < 4.78 is 0.981. The van der Waals surface area contributed by atoms with E-state index in [1.165, 1.54) is 6.07 Å². The summed E-state index contributed by atoms with van der Waals surface area (Å²) in [5, 5.41) is 9.01. The first kappa shape index (κ1) is 14.3. The number of benzene rings is 1. The monoisotopic (exact) mass is 336 g/mol. The molecule has 0 aliphatic heterocycles. The van der Waals surface area contributed by atoms with Gasteiger partial charge in [-0.15, -0.1) is 0 Å². The molecule has 0 unspecified atom stereocenters. The SMILES string of the molecule is CC(=NNC(=O)Cc1cc(=O)[nH][nH]1)c1ccc(Br)cc1. The fourth-order valence-corrected chi connectivity index (χ4v) is 1.85. The molecule has 7 heteroatoms. The molecule has 2 rings (SSSR count). The average molecular weight is 337 g/mol. The van der Waals surface area contributed by atoms with Crippen molar-refractivity contribution < 1.29 is 4.79 Å². The lowest BCUT2D eigenvalue weighted by Crippen LogP contribution is -2.21. The number of nitrogens with one attached hydrogen (secondary N) is 3. The van der Waals surface area contributed by atoms with Gasteiger partial charge in [0, 0.05) is 16.2 Å². The summed E-state index contributed by atoms with van der Waals surface area (Å²) in [5.74, 6) is -0.295. The van der Waals surface area contributed by atoms with Crippen molar-refractivity contribution >= 4 is 27.5 Å². The summed E-state index contributed by atoms with van der Waals surface area (Å²) >= 11 is 3.35. The molecular weight excluding hydrogens is 324 g/mol. The lowest BCUT2D eigenvalue weighted by molar-refractivity contribution is -0.120. The van der Waals surface area contributed by atoms with Crippen molar-refractivity contribution in [3.05, 3.63) is 56.4 Å². The van der Waals surface area contributed by atoms with Crippen LogP contribution < -0.4 is 11.0 Å². The van der Waals surface area contributed by atoms with Crippen molar-refractivity contribution in [1.82, 2.24) is 15.6 Å². The van der Waals surface area contributed by atoms with Gasteiger partial charge in [0.2, 0.25) is 5.91 Å². The lowest BCUT2D eigenvalue weighted by atomic mass is 10.1. The molecule has 3 N–H and O–H groups in total. The van der Waals surface area contributed by atoms with Crippen LogP contribution in [0.2, 0.25) is 0 Å². The summed E-state index contributed by atoms with van der Waals surface area (Å²) in [7, 11) is 0. The van der Waals surface area contributed by atoms with Crippen LogP contribution in [-0.4, -0.2) is 21.8 Å². The van der Waals surface area contributed by atoms with Crippen LogP contribution in [-0.2, 0) is 11.2 Å². The number of H-pyrrole nitrogens is 2. The molecule has 0 spiro atoms. The Kier molecular flexibility index (Phi) is 4.52. The zero-order valence-electron chi connectivity index (χ0n) is 10.7. The van der Waals surface area contributed by atoms with Gasteiger partial charge in [0.05, 0.1) is 12.1 Å². The standard InChI is InChI=1S/C13H13BrN4O2/c1-8(9-2-4-10(14)5-3-9)15-17-12(19)6-11-7-13(20)18-16-11/h2-5,7H,6H2,1H3,(H,17,19)(H2,16,18,20). The quantitative estimate of drug-likeness (QED) is 0.584. The Morgan fingerprint density at radius 2 is 2.00 bits per heavy atom. The maximum absolute atomic E-state index is 11.6. The second-order valence-corrected chi connectivity index (χ2v) is 5.12. The van der Waals surface area contributed by atoms with Gasteiger partial charge >= 0.3 is 0 Å². The Balaban J connectivity index is 1.96. The Morgan fingerprint density at radius 3 is 2.60 bits per heavy atom. The predicted molar refractivity (Wildman–Crippen MR) is 79.6 cm³/mol. The van der Waals surface area contributed by atoms with Gasteiger partial charge in [-0.25, -0.2) is 5.43 Å². The third kappa shape index (κ3) is 3.92. The highest BCUT2D eigenvalue weighted by Gasteiger charge is 2.05. The largest absolute Gasteiger partial charge is 0.302 e. The van der Waals surface area contributed by atoms with Gasteiger partial charge in [0.25, 0.3) is 5.56 Å². The normalized spacial score (nSPS) is 11.4. The minimum absolute atomic E-state index is 0.0653. The number of carbonyl (C=O) groups excluding carboxylic acids is 1. The van der Waals surface area contributed by atoms with Crippen LogP contribution in [0.25, 0.3) is 0 Å². The van der Waals surface area contributed by atoms with E-state index in [4.69, 9.17) is 0 Å². The molecule has 0 saturated carbocycles. The molecule has 0 radical (unpaired) electrons.